The van der Waals surface area contributed by atoms with E-state index in [0.717, 1.165) is 0 Å². The molecule has 0 atom stereocenters. The van der Waals surface area contributed by atoms with Crippen LogP contribution in [0, 0.1) is 3.57 Å². The fraction of sp³-hybridized carbons (Fsp3) is 0.222. The van der Waals surface area contributed by atoms with E-state index in [1.807, 2.05) is 22.6 Å². The maximum absolute atomic E-state index is 11.9. The van der Waals surface area contributed by atoms with Crippen LogP contribution in [-0.4, -0.2) is 12.4 Å². The van der Waals surface area contributed by atoms with Crippen molar-refractivity contribution in [3.05, 3.63) is 26.3 Å². The van der Waals surface area contributed by atoms with E-state index in [1.54, 1.807) is 0 Å². The number of benzene rings is 1. The molecule has 0 aliphatic rings. The molecule has 2 nitrogen and oxygen atoms in total. The number of hydrogen-bond acceptors (Lipinski definition) is 2. The van der Waals surface area contributed by atoms with Crippen LogP contribution in [0.3, 0.4) is 0 Å². The monoisotopic (exact) mass is 346 g/mol. The summed E-state index contributed by atoms with van der Waals surface area (Å²) in [5.74, 6) is -0.360. The van der Waals surface area contributed by atoms with Gasteiger partial charge in [0.15, 0.2) is 5.78 Å². The molecule has 0 aliphatic carbocycles. The Morgan fingerprint density at radius 3 is 2.60 bits per heavy atom. The summed E-state index contributed by atoms with van der Waals surface area (Å²) in [6.45, 7) is -1.61. The molecule has 0 N–H and O–H groups in total. The standard InChI is InChI=1S/C9H6ClF2IO2/c1-4(14)6-2-5(15-9(11)12)3-7(13)8(6)10/h2-3,9H,1H3. The van der Waals surface area contributed by atoms with Gasteiger partial charge in [0.05, 0.1) is 5.02 Å². The SMILES string of the molecule is CC(=O)c1cc(OC(F)F)cc(I)c1Cl. The Bertz CT molecular complexity index is 396. The van der Waals surface area contributed by atoms with E-state index in [0.29, 0.717) is 3.57 Å². The molecular weight excluding hydrogens is 340 g/mol. The molecule has 0 saturated carbocycles. The zero-order chi connectivity index (χ0) is 11.6. The Labute approximate surface area is 104 Å². The summed E-state index contributed by atoms with van der Waals surface area (Å²) in [5.41, 5.74) is 0.180. The number of ether oxygens (including phenoxy) is 1. The maximum atomic E-state index is 11.9. The lowest BCUT2D eigenvalue weighted by Crippen LogP contribution is -2.04. The third-order valence-electron chi connectivity index (χ3n) is 1.61. The van der Waals surface area contributed by atoms with Crippen LogP contribution in [0.2, 0.25) is 5.02 Å². The molecular formula is C9H6ClF2IO2. The molecule has 0 bridgehead atoms. The van der Waals surface area contributed by atoms with E-state index >= 15 is 0 Å². The number of carbonyl (C=O) groups is 1. The lowest BCUT2D eigenvalue weighted by molar-refractivity contribution is -0.0499. The van der Waals surface area contributed by atoms with Crippen molar-refractivity contribution in [1.82, 2.24) is 0 Å². The predicted octanol–water partition coefficient (Wildman–Crippen LogP) is 3.75. The molecule has 15 heavy (non-hydrogen) atoms. The molecule has 0 aliphatic heterocycles. The van der Waals surface area contributed by atoms with Crippen molar-refractivity contribution >= 4 is 40.0 Å². The molecule has 0 spiro atoms. The molecule has 1 aromatic rings. The quantitative estimate of drug-likeness (QED) is 0.615. The molecule has 82 valence electrons. The lowest BCUT2D eigenvalue weighted by atomic mass is 10.1. The highest BCUT2D eigenvalue weighted by Crippen LogP contribution is 2.29. The third-order valence-corrected chi connectivity index (χ3v) is 3.18. The van der Waals surface area contributed by atoms with Crippen LogP contribution in [-0.2, 0) is 0 Å². The minimum absolute atomic E-state index is 0.0657. The fourth-order valence-electron chi connectivity index (χ4n) is 0.991. The van der Waals surface area contributed by atoms with Crippen LogP contribution in [0.5, 0.6) is 5.75 Å². The number of Topliss-reactive ketones (excluding diaryl/α,β-unsaturated/α-hetero) is 1. The average molecular weight is 346 g/mol. The Morgan fingerprint density at radius 2 is 2.13 bits per heavy atom. The normalized spacial score (nSPS) is 10.5. The van der Waals surface area contributed by atoms with Crippen molar-refractivity contribution < 1.29 is 18.3 Å². The summed E-state index contributed by atoms with van der Waals surface area (Å²) in [5, 5.41) is 0.254. The van der Waals surface area contributed by atoms with E-state index in [1.165, 1.54) is 19.1 Å². The van der Waals surface area contributed by atoms with Gasteiger partial charge < -0.3 is 4.74 Å². The first-order valence-corrected chi connectivity index (χ1v) is 5.32. The van der Waals surface area contributed by atoms with Crippen molar-refractivity contribution in [3.8, 4) is 5.75 Å². The van der Waals surface area contributed by atoms with Crippen molar-refractivity contribution in [2.75, 3.05) is 0 Å². The Balaban J connectivity index is 3.17. The van der Waals surface area contributed by atoms with Gasteiger partial charge in [-0.3, -0.25) is 4.79 Å². The van der Waals surface area contributed by atoms with Gasteiger partial charge >= 0.3 is 6.61 Å². The zero-order valence-electron chi connectivity index (χ0n) is 7.56. The van der Waals surface area contributed by atoms with Crippen LogP contribution in [0.15, 0.2) is 12.1 Å². The summed E-state index contributed by atoms with van der Waals surface area (Å²) >= 11 is 7.67. The highest BCUT2D eigenvalue weighted by Gasteiger charge is 2.13. The van der Waals surface area contributed by atoms with Crippen molar-refractivity contribution in [1.29, 1.82) is 0 Å². The van der Waals surface area contributed by atoms with Gasteiger partial charge in [-0.1, -0.05) is 11.6 Å². The molecule has 0 amide bonds. The Kier molecular flexibility index (Phi) is 4.27. The molecule has 0 fully saturated rings. The van der Waals surface area contributed by atoms with Crippen LogP contribution in [0.1, 0.15) is 17.3 Å². The third kappa shape index (κ3) is 3.27. The van der Waals surface area contributed by atoms with Gasteiger partial charge in [0.2, 0.25) is 0 Å². The molecule has 1 rings (SSSR count). The van der Waals surface area contributed by atoms with Crippen LogP contribution in [0.4, 0.5) is 8.78 Å². The second-order valence-corrected chi connectivity index (χ2v) is 4.24. The summed E-state index contributed by atoms with van der Waals surface area (Å²) in [6.07, 6.45) is 0. The van der Waals surface area contributed by atoms with Crippen molar-refractivity contribution in [2.24, 2.45) is 0 Å². The minimum Gasteiger partial charge on any atom is -0.435 e. The summed E-state index contributed by atoms with van der Waals surface area (Å²) in [6, 6.07) is 2.56. The Hall–Kier alpha value is -0.430. The number of rotatable bonds is 3. The van der Waals surface area contributed by atoms with Gasteiger partial charge in [0, 0.05) is 9.13 Å². The van der Waals surface area contributed by atoms with E-state index < -0.39 is 6.61 Å². The molecule has 1 aromatic carbocycles. The van der Waals surface area contributed by atoms with Gasteiger partial charge in [-0.2, -0.15) is 8.78 Å². The summed E-state index contributed by atoms with van der Waals surface area (Å²) in [4.78, 5) is 11.1. The smallest absolute Gasteiger partial charge is 0.387 e. The first kappa shape index (κ1) is 12.6. The van der Waals surface area contributed by atoms with Crippen LogP contribution < -0.4 is 4.74 Å². The summed E-state index contributed by atoms with van der Waals surface area (Å²) in [7, 11) is 0. The number of carbonyl (C=O) groups excluding carboxylic acids is 1. The van der Waals surface area contributed by atoms with Gasteiger partial charge in [-0.05, 0) is 41.6 Å². The average Bonchev–Trinajstić information content (AvgIpc) is 2.09. The van der Waals surface area contributed by atoms with Gasteiger partial charge in [0.25, 0.3) is 0 Å². The molecule has 6 heteroatoms. The number of alkyl halides is 2. The van der Waals surface area contributed by atoms with Gasteiger partial charge in [0.1, 0.15) is 5.75 Å². The first-order valence-electron chi connectivity index (χ1n) is 3.86. The highest BCUT2D eigenvalue weighted by atomic mass is 127. The van der Waals surface area contributed by atoms with E-state index in [-0.39, 0.29) is 22.1 Å². The largest absolute Gasteiger partial charge is 0.435 e. The van der Waals surface area contributed by atoms with E-state index in [2.05, 4.69) is 4.74 Å². The van der Waals surface area contributed by atoms with E-state index in [9.17, 15) is 13.6 Å². The fourth-order valence-corrected chi connectivity index (χ4v) is 1.83. The van der Waals surface area contributed by atoms with Crippen LogP contribution in [0.25, 0.3) is 0 Å². The molecule has 0 unspecified atom stereocenters. The predicted molar refractivity (Wildman–Crippen MR) is 60.8 cm³/mol. The van der Waals surface area contributed by atoms with Gasteiger partial charge in [-0.15, -0.1) is 0 Å². The van der Waals surface area contributed by atoms with E-state index in [4.69, 9.17) is 11.6 Å². The lowest BCUT2D eigenvalue weighted by Gasteiger charge is -2.08. The minimum atomic E-state index is -2.92. The second-order valence-electron chi connectivity index (χ2n) is 2.70. The number of ketones is 1. The number of hydrogen-bond donors (Lipinski definition) is 0. The van der Waals surface area contributed by atoms with Gasteiger partial charge in [-0.25, -0.2) is 0 Å². The second kappa shape index (κ2) is 5.07. The highest BCUT2D eigenvalue weighted by molar-refractivity contribution is 14.1. The Morgan fingerprint density at radius 1 is 1.53 bits per heavy atom. The molecule has 0 radical (unpaired) electrons. The topological polar surface area (TPSA) is 26.3 Å². The van der Waals surface area contributed by atoms with Crippen LogP contribution >= 0.6 is 34.2 Å². The maximum Gasteiger partial charge on any atom is 0.387 e. The molecule has 0 aromatic heterocycles. The summed E-state index contributed by atoms with van der Waals surface area (Å²) < 4.78 is 28.6. The van der Waals surface area contributed by atoms with Crippen molar-refractivity contribution in [3.63, 3.8) is 0 Å². The molecule has 0 saturated heterocycles. The first-order chi connectivity index (χ1) is 6.91. The number of halogens is 4. The zero-order valence-corrected chi connectivity index (χ0v) is 10.5. The van der Waals surface area contributed by atoms with Crippen molar-refractivity contribution in [2.45, 2.75) is 13.5 Å². The molecule has 0 heterocycles.